The zero-order valence-electron chi connectivity index (χ0n) is 6.18. The highest BCUT2D eigenvalue weighted by Gasteiger charge is 2.18. The van der Waals surface area contributed by atoms with Crippen LogP contribution in [-0.2, 0) is 5.41 Å². The van der Waals surface area contributed by atoms with Gasteiger partial charge in [0.25, 0.3) is 5.26 Å². The highest BCUT2D eigenvalue weighted by atomic mass is 32.1. The minimum atomic E-state index is -0.454. The second-order valence-corrected chi connectivity index (χ2v) is 4.04. The van der Waals surface area contributed by atoms with Gasteiger partial charge in [-0.15, -0.1) is 10.2 Å². The van der Waals surface area contributed by atoms with Crippen molar-refractivity contribution < 1.29 is 4.39 Å². The third-order valence-corrected chi connectivity index (χ3v) is 2.18. The zero-order chi connectivity index (χ0) is 7.78. The molecule has 10 heavy (non-hydrogen) atoms. The Kier molecular flexibility index (Phi) is 1.72. The molecule has 0 bridgehead atoms. The SMILES string of the molecule is CC(C)(C)c1nnc(F)s1. The first kappa shape index (κ1) is 7.60. The molecule has 2 nitrogen and oxygen atoms in total. The van der Waals surface area contributed by atoms with Gasteiger partial charge in [0, 0.05) is 5.41 Å². The topological polar surface area (TPSA) is 25.8 Å². The van der Waals surface area contributed by atoms with Crippen LogP contribution in [0.4, 0.5) is 4.39 Å². The first-order valence-corrected chi connectivity index (χ1v) is 3.81. The number of hydrogen-bond donors (Lipinski definition) is 0. The molecule has 0 spiro atoms. The van der Waals surface area contributed by atoms with Crippen LogP contribution in [-0.4, -0.2) is 10.2 Å². The van der Waals surface area contributed by atoms with Crippen LogP contribution in [0.1, 0.15) is 25.8 Å². The summed E-state index contributed by atoms with van der Waals surface area (Å²) >= 11 is 1.01. The van der Waals surface area contributed by atoms with Crippen LogP contribution >= 0.6 is 11.3 Å². The summed E-state index contributed by atoms with van der Waals surface area (Å²) in [6.45, 7) is 5.94. The Balaban J connectivity index is 2.96. The van der Waals surface area contributed by atoms with Crippen molar-refractivity contribution in [2.45, 2.75) is 26.2 Å². The summed E-state index contributed by atoms with van der Waals surface area (Å²) in [4.78, 5) is 0. The lowest BCUT2D eigenvalue weighted by atomic mass is 9.98. The first-order valence-electron chi connectivity index (χ1n) is 2.99. The molecule has 0 fully saturated rings. The Morgan fingerprint density at radius 2 is 1.90 bits per heavy atom. The van der Waals surface area contributed by atoms with Crippen LogP contribution in [0.2, 0.25) is 0 Å². The lowest BCUT2D eigenvalue weighted by Crippen LogP contribution is -2.10. The van der Waals surface area contributed by atoms with E-state index in [4.69, 9.17) is 0 Å². The Morgan fingerprint density at radius 3 is 2.10 bits per heavy atom. The first-order chi connectivity index (χ1) is 4.50. The largest absolute Gasteiger partial charge is 0.289 e. The number of rotatable bonds is 0. The van der Waals surface area contributed by atoms with Crippen LogP contribution in [0.25, 0.3) is 0 Å². The van der Waals surface area contributed by atoms with E-state index in [2.05, 4.69) is 10.2 Å². The summed E-state index contributed by atoms with van der Waals surface area (Å²) < 4.78 is 12.3. The van der Waals surface area contributed by atoms with Crippen LogP contribution in [0, 0.1) is 5.26 Å². The zero-order valence-corrected chi connectivity index (χ0v) is 7.00. The quantitative estimate of drug-likeness (QED) is 0.580. The van der Waals surface area contributed by atoms with Gasteiger partial charge >= 0.3 is 0 Å². The summed E-state index contributed by atoms with van der Waals surface area (Å²) in [5, 5.41) is 7.25. The summed E-state index contributed by atoms with van der Waals surface area (Å²) in [7, 11) is 0. The van der Waals surface area contributed by atoms with Gasteiger partial charge in [-0.05, 0) is 0 Å². The third kappa shape index (κ3) is 1.50. The van der Waals surface area contributed by atoms with Gasteiger partial charge in [0.1, 0.15) is 5.01 Å². The van der Waals surface area contributed by atoms with Crippen molar-refractivity contribution in [1.29, 1.82) is 0 Å². The number of nitrogens with zero attached hydrogens (tertiary/aromatic N) is 2. The highest BCUT2D eigenvalue weighted by molar-refractivity contribution is 7.09. The van der Waals surface area contributed by atoms with Gasteiger partial charge in [0.05, 0.1) is 0 Å². The van der Waals surface area contributed by atoms with Crippen molar-refractivity contribution in [1.82, 2.24) is 10.2 Å². The smallest absolute Gasteiger partial charge is 0.171 e. The molecule has 0 aromatic carbocycles. The van der Waals surface area contributed by atoms with Crippen molar-refractivity contribution in [3.05, 3.63) is 10.3 Å². The molecule has 0 amide bonds. The molecule has 0 aliphatic heterocycles. The Morgan fingerprint density at radius 1 is 1.30 bits per heavy atom. The van der Waals surface area contributed by atoms with E-state index in [1.165, 1.54) is 0 Å². The number of halogens is 1. The molecule has 0 atom stereocenters. The normalized spacial score (nSPS) is 12.0. The Labute approximate surface area is 63.1 Å². The van der Waals surface area contributed by atoms with E-state index in [-0.39, 0.29) is 5.41 Å². The molecule has 0 aliphatic carbocycles. The van der Waals surface area contributed by atoms with Gasteiger partial charge < -0.3 is 0 Å². The second kappa shape index (κ2) is 2.27. The van der Waals surface area contributed by atoms with Gasteiger partial charge in [-0.3, -0.25) is 0 Å². The molecule has 1 rings (SSSR count). The molecule has 56 valence electrons. The molecule has 1 aromatic heterocycles. The molecule has 0 unspecified atom stereocenters. The van der Waals surface area contributed by atoms with E-state index < -0.39 is 5.26 Å². The third-order valence-electron chi connectivity index (χ3n) is 1.04. The van der Waals surface area contributed by atoms with E-state index in [1.807, 2.05) is 20.8 Å². The summed E-state index contributed by atoms with van der Waals surface area (Å²) in [5.41, 5.74) is -0.0813. The maximum Gasteiger partial charge on any atom is 0.289 e. The molecule has 0 saturated heterocycles. The molecule has 4 heteroatoms. The fourth-order valence-electron chi connectivity index (χ4n) is 0.508. The highest BCUT2D eigenvalue weighted by Crippen LogP contribution is 2.24. The summed E-state index contributed by atoms with van der Waals surface area (Å²) in [6, 6.07) is 0. The second-order valence-electron chi connectivity index (χ2n) is 3.11. The van der Waals surface area contributed by atoms with Crippen molar-refractivity contribution in [3.63, 3.8) is 0 Å². The van der Waals surface area contributed by atoms with E-state index >= 15 is 0 Å². The van der Waals surface area contributed by atoms with Crippen molar-refractivity contribution in [2.75, 3.05) is 0 Å². The van der Waals surface area contributed by atoms with Gasteiger partial charge in [0.2, 0.25) is 0 Å². The lowest BCUT2D eigenvalue weighted by molar-refractivity contribution is 0.567. The fourth-order valence-corrected chi connectivity index (χ4v) is 1.14. The molecule has 0 aliphatic rings. The van der Waals surface area contributed by atoms with Gasteiger partial charge in [-0.25, -0.2) is 0 Å². The van der Waals surface area contributed by atoms with Crippen LogP contribution < -0.4 is 0 Å². The summed E-state index contributed by atoms with van der Waals surface area (Å²) in [6.07, 6.45) is 0. The maximum atomic E-state index is 12.3. The lowest BCUT2D eigenvalue weighted by Gasteiger charge is -2.11. The molecule has 0 radical (unpaired) electrons. The molecular weight excluding hydrogens is 151 g/mol. The molecular formula is C6H9FN2S. The Hall–Kier alpha value is -0.510. The van der Waals surface area contributed by atoms with Crippen molar-refractivity contribution >= 4 is 11.3 Å². The van der Waals surface area contributed by atoms with Gasteiger partial charge in [0.15, 0.2) is 0 Å². The van der Waals surface area contributed by atoms with E-state index in [0.29, 0.717) is 0 Å². The summed E-state index contributed by atoms with van der Waals surface area (Å²) in [5.74, 6) is 0. The van der Waals surface area contributed by atoms with E-state index in [9.17, 15) is 4.39 Å². The maximum absolute atomic E-state index is 12.3. The average Bonchev–Trinajstić information content (AvgIpc) is 2.11. The van der Waals surface area contributed by atoms with E-state index in [1.54, 1.807) is 0 Å². The van der Waals surface area contributed by atoms with Gasteiger partial charge in [-0.2, -0.15) is 4.39 Å². The van der Waals surface area contributed by atoms with Crippen LogP contribution in [0.15, 0.2) is 0 Å². The van der Waals surface area contributed by atoms with Crippen molar-refractivity contribution in [2.24, 2.45) is 0 Å². The van der Waals surface area contributed by atoms with Crippen molar-refractivity contribution in [3.8, 4) is 0 Å². The predicted octanol–water partition coefficient (Wildman–Crippen LogP) is 1.97. The fraction of sp³-hybridized carbons (Fsp3) is 0.667. The molecule has 0 saturated carbocycles. The number of hydrogen-bond acceptors (Lipinski definition) is 3. The van der Waals surface area contributed by atoms with Crippen LogP contribution in [0.5, 0.6) is 0 Å². The van der Waals surface area contributed by atoms with Crippen LogP contribution in [0.3, 0.4) is 0 Å². The monoisotopic (exact) mass is 160 g/mol. The standard InChI is InChI=1S/C6H9FN2S/c1-6(2,3)4-8-9-5(7)10-4/h1-3H3. The van der Waals surface area contributed by atoms with E-state index in [0.717, 1.165) is 16.3 Å². The molecule has 0 N–H and O–H groups in total. The Bertz CT molecular complexity index is 226. The minimum absolute atomic E-state index is 0.0813. The molecule has 1 aromatic rings. The van der Waals surface area contributed by atoms with Gasteiger partial charge in [-0.1, -0.05) is 32.1 Å². The minimum Gasteiger partial charge on any atom is -0.171 e. The molecule has 1 heterocycles. The average molecular weight is 160 g/mol. The predicted molar refractivity (Wildman–Crippen MR) is 38.6 cm³/mol. The number of aromatic nitrogens is 2.